The molecule has 128 valence electrons. The van der Waals surface area contributed by atoms with Gasteiger partial charge in [0.05, 0.1) is 13.2 Å². The SMILES string of the molecule is Cc1cc(=O)[nH]c([C@H]2CN(C(=O)C(C)(C)n3cncn3)CCO2)n1. The highest BCUT2D eigenvalue weighted by atomic mass is 16.5. The maximum atomic E-state index is 12.9. The second-order valence-corrected chi connectivity index (χ2v) is 6.28. The Morgan fingerprint density at radius 3 is 2.92 bits per heavy atom. The van der Waals surface area contributed by atoms with E-state index < -0.39 is 11.6 Å². The second kappa shape index (κ2) is 6.16. The molecule has 0 radical (unpaired) electrons. The van der Waals surface area contributed by atoms with Gasteiger partial charge in [-0.3, -0.25) is 9.59 Å². The van der Waals surface area contributed by atoms with Crippen molar-refractivity contribution in [2.24, 2.45) is 0 Å². The summed E-state index contributed by atoms with van der Waals surface area (Å²) in [7, 11) is 0. The molecule has 0 aromatic carbocycles. The van der Waals surface area contributed by atoms with E-state index in [9.17, 15) is 9.59 Å². The first-order valence-corrected chi connectivity index (χ1v) is 7.72. The van der Waals surface area contributed by atoms with Crippen LogP contribution in [0.3, 0.4) is 0 Å². The molecule has 9 nitrogen and oxygen atoms in total. The number of hydrogen-bond acceptors (Lipinski definition) is 6. The van der Waals surface area contributed by atoms with E-state index in [-0.39, 0.29) is 11.5 Å². The lowest BCUT2D eigenvalue weighted by molar-refractivity contribution is -0.147. The van der Waals surface area contributed by atoms with Crippen LogP contribution in [0.25, 0.3) is 0 Å². The van der Waals surface area contributed by atoms with Gasteiger partial charge in [-0.15, -0.1) is 0 Å². The van der Waals surface area contributed by atoms with Crippen molar-refractivity contribution in [3.05, 3.63) is 40.6 Å². The molecular weight excluding hydrogens is 312 g/mol. The van der Waals surface area contributed by atoms with Gasteiger partial charge in [0.15, 0.2) is 0 Å². The van der Waals surface area contributed by atoms with E-state index in [0.29, 0.717) is 31.2 Å². The van der Waals surface area contributed by atoms with Crippen LogP contribution in [0, 0.1) is 6.92 Å². The predicted octanol–water partition coefficient (Wildman–Crippen LogP) is 0.00502. The maximum absolute atomic E-state index is 12.9. The smallest absolute Gasteiger partial charge is 0.251 e. The third-order valence-corrected chi connectivity index (χ3v) is 4.06. The van der Waals surface area contributed by atoms with Crippen LogP contribution in [-0.2, 0) is 15.1 Å². The first-order chi connectivity index (χ1) is 11.4. The fourth-order valence-corrected chi connectivity index (χ4v) is 2.74. The van der Waals surface area contributed by atoms with Gasteiger partial charge in [-0.05, 0) is 20.8 Å². The molecule has 0 spiro atoms. The molecule has 3 heterocycles. The molecule has 1 N–H and O–H groups in total. The molecule has 1 atom stereocenters. The summed E-state index contributed by atoms with van der Waals surface area (Å²) in [4.78, 5) is 37.2. The number of aromatic nitrogens is 5. The lowest BCUT2D eigenvalue weighted by Crippen LogP contribution is -2.52. The monoisotopic (exact) mass is 332 g/mol. The van der Waals surface area contributed by atoms with Crippen molar-refractivity contribution in [2.45, 2.75) is 32.4 Å². The first-order valence-electron chi connectivity index (χ1n) is 7.72. The van der Waals surface area contributed by atoms with Gasteiger partial charge in [0.1, 0.15) is 30.1 Å². The minimum atomic E-state index is -0.855. The van der Waals surface area contributed by atoms with E-state index in [2.05, 4.69) is 20.1 Å². The van der Waals surface area contributed by atoms with Gasteiger partial charge in [-0.2, -0.15) is 5.10 Å². The van der Waals surface area contributed by atoms with Crippen molar-refractivity contribution in [3.63, 3.8) is 0 Å². The Balaban J connectivity index is 1.80. The number of carbonyl (C=O) groups excluding carboxylic acids is 1. The van der Waals surface area contributed by atoms with E-state index in [4.69, 9.17) is 4.74 Å². The summed E-state index contributed by atoms with van der Waals surface area (Å²) < 4.78 is 7.23. The van der Waals surface area contributed by atoms with Gasteiger partial charge in [0.2, 0.25) is 5.91 Å². The Labute approximate surface area is 138 Å². The number of nitrogens with one attached hydrogen (secondary N) is 1. The molecular formula is C15H20N6O3. The van der Waals surface area contributed by atoms with Crippen molar-refractivity contribution in [1.82, 2.24) is 29.6 Å². The second-order valence-electron chi connectivity index (χ2n) is 6.28. The summed E-state index contributed by atoms with van der Waals surface area (Å²) in [5.41, 5.74) is -0.470. The number of hydrogen-bond donors (Lipinski definition) is 1. The number of amides is 1. The number of H-pyrrole nitrogens is 1. The summed E-state index contributed by atoms with van der Waals surface area (Å²) in [6, 6.07) is 1.42. The van der Waals surface area contributed by atoms with E-state index >= 15 is 0 Å². The normalized spacial score (nSPS) is 18.6. The van der Waals surface area contributed by atoms with E-state index in [1.54, 1.807) is 25.7 Å². The lowest BCUT2D eigenvalue weighted by atomic mass is 10.0. The fourth-order valence-electron chi connectivity index (χ4n) is 2.74. The van der Waals surface area contributed by atoms with Crippen LogP contribution in [0.15, 0.2) is 23.5 Å². The number of aryl methyl sites for hydroxylation is 1. The lowest BCUT2D eigenvalue weighted by Gasteiger charge is -2.37. The highest BCUT2D eigenvalue weighted by Gasteiger charge is 2.37. The fraction of sp³-hybridized carbons (Fsp3) is 0.533. The number of carbonyl (C=O) groups is 1. The van der Waals surface area contributed by atoms with E-state index in [0.717, 1.165) is 0 Å². The summed E-state index contributed by atoms with van der Waals surface area (Å²) in [6.45, 7) is 6.51. The van der Waals surface area contributed by atoms with Crippen molar-refractivity contribution >= 4 is 5.91 Å². The number of rotatable bonds is 3. The number of morpholine rings is 1. The Bertz CT molecular complexity index is 783. The van der Waals surface area contributed by atoms with Gasteiger partial charge in [0.25, 0.3) is 5.56 Å². The van der Waals surface area contributed by atoms with Gasteiger partial charge in [-0.25, -0.2) is 14.6 Å². The van der Waals surface area contributed by atoms with Crippen LogP contribution in [0.2, 0.25) is 0 Å². The molecule has 0 saturated carbocycles. The average molecular weight is 332 g/mol. The number of aromatic amines is 1. The van der Waals surface area contributed by atoms with Gasteiger partial charge < -0.3 is 14.6 Å². The standard InChI is InChI=1S/C15H20N6O3/c1-10-6-12(22)19-13(18-10)11-7-20(4-5-24-11)14(23)15(2,3)21-9-16-8-17-21/h6,8-9,11H,4-5,7H2,1-3H3,(H,18,19,22)/t11-/m1/s1. The maximum Gasteiger partial charge on any atom is 0.251 e. The van der Waals surface area contributed by atoms with Gasteiger partial charge >= 0.3 is 0 Å². The summed E-state index contributed by atoms with van der Waals surface area (Å²) in [5.74, 6) is 0.354. The van der Waals surface area contributed by atoms with Crippen LogP contribution in [-0.4, -0.2) is 55.2 Å². The number of nitrogens with zero attached hydrogens (tertiary/aromatic N) is 5. The highest BCUT2D eigenvalue weighted by molar-refractivity contribution is 5.83. The zero-order valence-electron chi connectivity index (χ0n) is 13.9. The van der Waals surface area contributed by atoms with Gasteiger partial charge in [0, 0.05) is 18.3 Å². The quantitative estimate of drug-likeness (QED) is 0.848. The Kier molecular flexibility index (Phi) is 4.18. The molecule has 0 unspecified atom stereocenters. The molecule has 24 heavy (non-hydrogen) atoms. The summed E-state index contributed by atoms with van der Waals surface area (Å²) >= 11 is 0. The first kappa shape index (κ1) is 16.3. The Hall–Kier alpha value is -2.55. The van der Waals surface area contributed by atoms with E-state index in [1.807, 2.05) is 0 Å². The van der Waals surface area contributed by atoms with Crippen LogP contribution in [0.4, 0.5) is 0 Å². The molecule has 3 rings (SSSR count). The van der Waals surface area contributed by atoms with Crippen molar-refractivity contribution < 1.29 is 9.53 Å². The molecule has 0 aliphatic carbocycles. The highest BCUT2D eigenvalue weighted by Crippen LogP contribution is 2.23. The van der Waals surface area contributed by atoms with Crippen LogP contribution in [0.1, 0.15) is 31.5 Å². The van der Waals surface area contributed by atoms with Gasteiger partial charge in [-0.1, -0.05) is 0 Å². The zero-order valence-corrected chi connectivity index (χ0v) is 13.9. The molecule has 1 fully saturated rings. The summed E-state index contributed by atoms with van der Waals surface area (Å²) in [5, 5.41) is 4.07. The molecule has 2 aromatic rings. The minimum Gasteiger partial charge on any atom is -0.367 e. The minimum absolute atomic E-state index is 0.0868. The van der Waals surface area contributed by atoms with Crippen LogP contribution >= 0.6 is 0 Å². The third-order valence-electron chi connectivity index (χ3n) is 4.06. The summed E-state index contributed by atoms with van der Waals surface area (Å²) in [6.07, 6.45) is 2.47. The molecule has 1 amide bonds. The van der Waals surface area contributed by atoms with Crippen LogP contribution in [0.5, 0.6) is 0 Å². The number of ether oxygens (including phenoxy) is 1. The predicted molar refractivity (Wildman–Crippen MR) is 84.2 cm³/mol. The van der Waals surface area contributed by atoms with Crippen molar-refractivity contribution in [1.29, 1.82) is 0 Å². The third kappa shape index (κ3) is 3.07. The topological polar surface area (TPSA) is 106 Å². The zero-order chi connectivity index (χ0) is 17.3. The molecule has 1 saturated heterocycles. The molecule has 0 bridgehead atoms. The van der Waals surface area contributed by atoms with E-state index in [1.165, 1.54) is 23.4 Å². The van der Waals surface area contributed by atoms with Crippen LogP contribution < -0.4 is 5.56 Å². The molecule has 2 aromatic heterocycles. The molecule has 1 aliphatic heterocycles. The van der Waals surface area contributed by atoms with Crippen molar-refractivity contribution in [2.75, 3.05) is 19.7 Å². The molecule has 1 aliphatic rings. The average Bonchev–Trinajstić information content (AvgIpc) is 3.08. The Morgan fingerprint density at radius 1 is 1.46 bits per heavy atom. The van der Waals surface area contributed by atoms with Crippen molar-refractivity contribution in [3.8, 4) is 0 Å². The Morgan fingerprint density at radius 2 is 2.25 bits per heavy atom. The largest absolute Gasteiger partial charge is 0.367 e. The molecule has 9 heteroatoms.